The molecule has 2 fully saturated rings. The lowest BCUT2D eigenvalue weighted by Crippen LogP contribution is -2.61. The number of aliphatic hydroxyl groups is 6. The fourth-order valence-electron chi connectivity index (χ4n) is 5.04. The van der Waals surface area contributed by atoms with E-state index in [2.05, 4.69) is 0 Å². The smallest absolute Gasteiger partial charge is 0.229 e. The maximum Gasteiger partial charge on any atom is 0.229 e. The number of ether oxygens (including phenoxy) is 5. The zero-order valence-corrected chi connectivity index (χ0v) is 22.9. The topological polar surface area (TPSA) is 238 Å². The molecule has 5 rings (SSSR count). The van der Waals surface area contributed by atoms with Crippen LogP contribution in [0.3, 0.4) is 0 Å². The first-order valence-corrected chi connectivity index (χ1v) is 13.3. The molecule has 15 heteroatoms. The summed E-state index contributed by atoms with van der Waals surface area (Å²) in [5, 5.41) is 81.4. The van der Waals surface area contributed by atoms with E-state index >= 15 is 0 Å². The van der Waals surface area contributed by atoms with E-state index in [-0.39, 0.29) is 34.0 Å². The van der Waals surface area contributed by atoms with Gasteiger partial charge in [0, 0.05) is 23.8 Å². The second kappa shape index (κ2) is 12.2. The minimum Gasteiger partial charge on any atom is -0.507 e. The zero-order chi connectivity index (χ0) is 31.2. The van der Waals surface area contributed by atoms with Crippen molar-refractivity contribution in [2.75, 3.05) is 13.7 Å². The molecule has 234 valence electrons. The van der Waals surface area contributed by atoms with Crippen molar-refractivity contribution < 1.29 is 69.0 Å². The van der Waals surface area contributed by atoms with Crippen molar-refractivity contribution in [3.63, 3.8) is 0 Å². The Hall–Kier alpha value is -3.51. The average Bonchev–Trinajstić information content (AvgIpc) is 2.96. The van der Waals surface area contributed by atoms with Crippen molar-refractivity contribution >= 4 is 11.0 Å². The third kappa shape index (κ3) is 5.99. The van der Waals surface area contributed by atoms with Crippen LogP contribution >= 0.6 is 0 Å². The second-order valence-electron chi connectivity index (χ2n) is 10.3. The van der Waals surface area contributed by atoms with Gasteiger partial charge in [0.1, 0.15) is 71.0 Å². The van der Waals surface area contributed by atoms with Gasteiger partial charge in [-0.1, -0.05) is 0 Å². The molecule has 43 heavy (non-hydrogen) atoms. The lowest BCUT2D eigenvalue weighted by molar-refractivity contribution is -0.307. The molecule has 15 nitrogen and oxygen atoms in total. The molecule has 0 saturated carbocycles. The van der Waals surface area contributed by atoms with E-state index in [1.807, 2.05) is 0 Å². The van der Waals surface area contributed by atoms with Crippen LogP contribution in [0.25, 0.3) is 22.3 Å². The molecule has 3 aromatic rings. The van der Waals surface area contributed by atoms with Crippen LogP contribution in [0.1, 0.15) is 6.92 Å². The van der Waals surface area contributed by atoms with Crippen LogP contribution in [0.4, 0.5) is 0 Å². The van der Waals surface area contributed by atoms with Gasteiger partial charge in [-0.05, 0) is 25.1 Å². The molecule has 3 heterocycles. The monoisotopic (exact) mass is 608 g/mol. The summed E-state index contributed by atoms with van der Waals surface area (Å²) in [5.74, 6) is -0.450. The molecule has 2 saturated heterocycles. The van der Waals surface area contributed by atoms with E-state index in [0.717, 1.165) is 12.1 Å². The Morgan fingerprint density at radius 1 is 0.837 bits per heavy atom. The summed E-state index contributed by atoms with van der Waals surface area (Å²) in [4.78, 5) is 12.8. The Kier molecular flexibility index (Phi) is 8.80. The van der Waals surface area contributed by atoms with Gasteiger partial charge in [0.25, 0.3) is 0 Å². The predicted octanol–water partition coefficient (Wildman–Crippen LogP) is -1.09. The maximum absolute atomic E-state index is 12.8. The van der Waals surface area contributed by atoms with Gasteiger partial charge in [-0.3, -0.25) is 4.79 Å². The van der Waals surface area contributed by atoms with E-state index in [9.17, 15) is 45.6 Å². The Labute approximate surface area is 243 Å². The molecule has 2 aromatic carbocycles. The van der Waals surface area contributed by atoms with E-state index in [4.69, 9.17) is 28.1 Å². The fraction of sp³-hybridized carbons (Fsp3) is 0.464. The summed E-state index contributed by atoms with van der Waals surface area (Å²) < 4.78 is 32.9. The SMILES string of the molecule is COc1ccc(-c2cc(=O)c3c(O)cc(O[C@@H]4O[C@@H](C)[C@H](OC[C@@H]5O[C@H](O)[C@@H](O)[C@H](O)[C@H]5O)[C@@H](O)[C@H]4O)cc3o2)cc1O. The van der Waals surface area contributed by atoms with Crippen LogP contribution in [0, 0.1) is 0 Å². The number of rotatable bonds is 7. The summed E-state index contributed by atoms with van der Waals surface area (Å²) in [7, 11) is 1.39. The Morgan fingerprint density at radius 3 is 2.28 bits per heavy atom. The highest BCUT2D eigenvalue weighted by Crippen LogP contribution is 2.36. The number of hydrogen-bond donors (Lipinski definition) is 8. The summed E-state index contributed by atoms with van der Waals surface area (Å²) in [6, 6.07) is 7.93. The molecule has 2 aliphatic rings. The number of hydrogen-bond acceptors (Lipinski definition) is 15. The maximum atomic E-state index is 12.8. The highest BCUT2D eigenvalue weighted by molar-refractivity contribution is 5.86. The molecule has 0 unspecified atom stereocenters. The number of phenols is 2. The molecular formula is C28H32O15. The lowest BCUT2D eigenvalue weighted by Gasteiger charge is -2.43. The number of methoxy groups -OCH3 is 1. The average molecular weight is 609 g/mol. The molecule has 0 radical (unpaired) electrons. The lowest BCUT2D eigenvalue weighted by atomic mass is 9.98. The Balaban J connectivity index is 1.32. The van der Waals surface area contributed by atoms with Crippen LogP contribution < -0.4 is 14.9 Å². The molecule has 8 N–H and O–H groups in total. The second-order valence-corrected chi connectivity index (χ2v) is 10.3. The molecule has 2 aliphatic heterocycles. The van der Waals surface area contributed by atoms with Gasteiger partial charge in [0.2, 0.25) is 6.29 Å². The van der Waals surface area contributed by atoms with E-state index < -0.39 is 79.2 Å². The molecule has 0 bridgehead atoms. The van der Waals surface area contributed by atoms with Gasteiger partial charge in [0.15, 0.2) is 23.2 Å². The molecule has 10 atom stereocenters. The van der Waals surface area contributed by atoms with Gasteiger partial charge in [-0.25, -0.2) is 0 Å². The largest absolute Gasteiger partial charge is 0.507 e. The van der Waals surface area contributed by atoms with Crippen molar-refractivity contribution in [1.29, 1.82) is 0 Å². The number of benzene rings is 2. The van der Waals surface area contributed by atoms with Crippen LogP contribution in [-0.4, -0.2) is 116 Å². The van der Waals surface area contributed by atoms with Crippen LogP contribution in [0.5, 0.6) is 23.0 Å². The molecule has 0 spiro atoms. The van der Waals surface area contributed by atoms with Crippen molar-refractivity contribution in [2.45, 2.75) is 68.3 Å². The van der Waals surface area contributed by atoms with Crippen molar-refractivity contribution in [1.82, 2.24) is 0 Å². The van der Waals surface area contributed by atoms with Crippen molar-refractivity contribution in [3.05, 3.63) is 46.6 Å². The van der Waals surface area contributed by atoms with Crippen LogP contribution in [0.15, 0.2) is 45.6 Å². The Morgan fingerprint density at radius 2 is 1.58 bits per heavy atom. The van der Waals surface area contributed by atoms with Crippen molar-refractivity contribution in [3.8, 4) is 34.3 Å². The predicted molar refractivity (Wildman–Crippen MR) is 143 cm³/mol. The van der Waals surface area contributed by atoms with Crippen molar-refractivity contribution in [2.24, 2.45) is 0 Å². The minimum absolute atomic E-state index is 0.0755. The van der Waals surface area contributed by atoms with Crippen LogP contribution in [0.2, 0.25) is 0 Å². The summed E-state index contributed by atoms with van der Waals surface area (Å²) >= 11 is 0. The highest BCUT2D eigenvalue weighted by atomic mass is 16.7. The zero-order valence-electron chi connectivity index (χ0n) is 22.9. The summed E-state index contributed by atoms with van der Waals surface area (Å²) in [5.41, 5.74) is -0.299. The normalized spacial score (nSPS) is 32.9. The third-order valence-electron chi connectivity index (χ3n) is 7.42. The highest BCUT2D eigenvalue weighted by Gasteiger charge is 2.47. The Bertz CT molecular complexity index is 1510. The number of aliphatic hydroxyl groups excluding tert-OH is 6. The number of aromatic hydroxyl groups is 2. The van der Waals surface area contributed by atoms with Gasteiger partial charge in [0.05, 0.1) is 19.8 Å². The molecule has 0 aliphatic carbocycles. The summed E-state index contributed by atoms with van der Waals surface area (Å²) in [6.07, 6.45) is -14.9. The first kappa shape index (κ1) is 30.9. The molecule has 1 aromatic heterocycles. The number of phenolic OH excluding ortho intramolecular Hbond substituents is 2. The molecular weight excluding hydrogens is 576 g/mol. The first-order chi connectivity index (χ1) is 20.4. The molecule has 0 amide bonds. The van der Waals surface area contributed by atoms with Crippen LogP contribution in [-0.2, 0) is 14.2 Å². The van der Waals surface area contributed by atoms with Gasteiger partial charge in [-0.2, -0.15) is 0 Å². The first-order valence-electron chi connectivity index (χ1n) is 13.3. The van der Waals surface area contributed by atoms with Gasteiger partial charge >= 0.3 is 0 Å². The van der Waals surface area contributed by atoms with Gasteiger partial charge < -0.3 is 69.0 Å². The fourth-order valence-corrected chi connectivity index (χ4v) is 5.04. The minimum atomic E-state index is -1.78. The quantitative estimate of drug-likeness (QED) is 0.159. The number of fused-ring (bicyclic) bond motifs is 1. The van der Waals surface area contributed by atoms with Gasteiger partial charge in [-0.15, -0.1) is 0 Å². The van der Waals surface area contributed by atoms with E-state index in [1.54, 1.807) is 6.07 Å². The van der Waals surface area contributed by atoms with E-state index in [0.29, 0.717) is 5.56 Å². The third-order valence-corrected chi connectivity index (χ3v) is 7.42. The van der Waals surface area contributed by atoms with E-state index in [1.165, 1.54) is 32.2 Å². The standard InChI is InChI=1S/C28H32O15/c1-10-26(39-9-19-21(32)22(33)24(35)27(37)43-19)23(34)25(36)28(40-10)41-12-6-14(30)20-15(31)8-17(42-18(20)7-12)11-3-4-16(38-2)13(29)5-11/h3-8,10,19,21-30,32-37H,9H2,1-2H3/t10-,19-,21-,22+,23-,24-,25+,26-,27-,28-/m0/s1. The summed E-state index contributed by atoms with van der Waals surface area (Å²) in [6.45, 7) is 1.07.